The van der Waals surface area contributed by atoms with Gasteiger partial charge < -0.3 is 4.48 Å². The van der Waals surface area contributed by atoms with E-state index in [1.54, 1.807) is 0 Å². The van der Waals surface area contributed by atoms with Crippen LogP contribution < -0.4 is 0 Å². The Bertz CT molecular complexity index is 553. The third kappa shape index (κ3) is 4.44. The molecule has 0 aliphatic heterocycles. The molecule has 2 aromatic carbocycles. The number of rotatable bonds is 6. The Morgan fingerprint density at radius 3 is 1.38 bits per heavy atom. The molecule has 0 radical (unpaired) electrons. The summed E-state index contributed by atoms with van der Waals surface area (Å²) in [5.74, 6) is 0. The maximum Gasteiger partial charge on any atom is 0.104 e. The van der Waals surface area contributed by atoms with Gasteiger partial charge in [-0.25, -0.2) is 0 Å². The van der Waals surface area contributed by atoms with E-state index in [4.69, 9.17) is 0 Å². The van der Waals surface area contributed by atoms with Crippen LogP contribution in [0.5, 0.6) is 0 Å². The van der Waals surface area contributed by atoms with Crippen molar-refractivity contribution in [3.8, 4) is 0 Å². The lowest BCUT2D eigenvalue weighted by atomic mass is 10.0. The minimum absolute atomic E-state index is 0.849. The fraction of sp³-hybridized carbons (Fsp3) is 0.200. The highest BCUT2D eigenvalue weighted by molar-refractivity contribution is 5.65. The molecule has 1 nitrogen and oxygen atoms in total. The number of benzene rings is 2. The van der Waals surface area contributed by atoms with E-state index in [2.05, 4.69) is 75.8 Å². The second-order valence-electron chi connectivity index (χ2n) is 6.19. The SMILES string of the molecule is C=C(C[N+](C)(C)CC(=C)c1ccccc1)c1ccccc1. The van der Waals surface area contributed by atoms with Gasteiger partial charge in [0.25, 0.3) is 0 Å². The van der Waals surface area contributed by atoms with E-state index in [0.717, 1.165) is 17.6 Å². The van der Waals surface area contributed by atoms with Gasteiger partial charge in [-0.3, -0.25) is 0 Å². The summed E-state index contributed by atoms with van der Waals surface area (Å²) in [6.45, 7) is 10.3. The molecule has 0 N–H and O–H groups in total. The molecule has 0 saturated heterocycles. The Hall–Kier alpha value is -2.12. The van der Waals surface area contributed by atoms with Crippen molar-refractivity contribution in [3.05, 3.63) is 84.9 Å². The molecule has 0 aliphatic carbocycles. The molecule has 2 rings (SSSR count). The molecule has 0 amide bonds. The van der Waals surface area contributed by atoms with Crippen molar-refractivity contribution < 1.29 is 4.48 Å². The summed E-state index contributed by atoms with van der Waals surface area (Å²) in [4.78, 5) is 0. The normalized spacial score (nSPS) is 11.1. The van der Waals surface area contributed by atoms with Crippen LogP contribution in [0.25, 0.3) is 11.1 Å². The lowest BCUT2D eigenvalue weighted by Crippen LogP contribution is -2.41. The average Bonchev–Trinajstić information content (AvgIpc) is 2.48. The van der Waals surface area contributed by atoms with Crippen molar-refractivity contribution in [2.45, 2.75) is 0 Å². The van der Waals surface area contributed by atoms with Gasteiger partial charge in [0.05, 0.1) is 14.1 Å². The molecule has 0 spiro atoms. The van der Waals surface area contributed by atoms with E-state index in [-0.39, 0.29) is 0 Å². The Morgan fingerprint density at radius 2 is 1.05 bits per heavy atom. The summed E-state index contributed by atoms with van der Waals surface area (Å²) in [6, 6.07) is 20.8. The van der Waals surface area contributed by atoms with Gasteiger partial charge in [0, 0.05) is 11.1 Å². The summed E-state index contributed by atoms with van der Waals surface area (Å²) in [5, 5.41) is 0. The summed E-state index contributed by atoms with van der Waals surface area (Å²) >= 11 is 0. The van der Waals surface area contributed by atoms with Crippen LogP contribution in [0.1, 0.15) is 11.1 Å². The molecule has 108 valence electrons. The van der Waals surface area contributed by atoms with Crippen LogP contribution in [0, 0.1) is 0 Å². The number of hydrogen-bond donors (Lipinski definition) is 0. The molecule has 1 heteroatoms. The Kier molecular flexibility index (Phi) is 4.77. The van der Waals surface area contributed by atoms with E-state index in [1.165, 1.54) is 22.3 Å². The molecule has 0 atom stereocenters. The van der Waals surface area contributed by atoms with E-state index in [1.807, 2.05) is 12.1 Å². The molecule has 0 saturated carbocycles. The Morgan fingerprint density at radius 1 is 0.714 bits per heavy atom. The number of likely N-dealkylation sites (N-methyl/N-ethyl adjacent to an activating group) is 1. The second-order valence-corrected chi connectivity index (χ2v) is 6.19. The minimum atomic E-state index is 0.849. The Balaban J connectivity index is 2.02. The van der Waals surface area contributed by atoms with Gasteiger partial charge in [-0.05, 0) is 11.1 Å². The number of nitrogens with zero attached hydrogens (tertiary/aromatic N) is 1. The zero-order chi connectivity index (χ0) is 15.3. The van der Waals surface area contributed by atoms with Gasteiger partial charge in [-0.15, -0.1) is 0 Å². The van der Waals surface area contributed by atoms with Gasteiger partial charge in [0.15, 0.2) is 0 Å². The number of quaternary nitrogens is 1. The molecule has 21 heavy (non-hydrogen) atoms. The van der Waals surface area contributed by atoms with Crippen molar-refractivity contribution in [1.29, 1.82) is 0 Å². The summed E-state index contributed by atoms with van der Waals surface area (Å²) in [6.07, 6.45) is 0. The molecule has 0 unspecified atom stereocenters. The van der Waals surface area contributed by atoms with Crippen LogP contribution in [0.15, 0.2) is 73.8 Å². The van der Waals surface area contributed by atoms with Crippen LogP contribution in [-0.2, 0) is 0 Å². The van der Waals surface area contributed by atoms with Crippen molar-refractivity contribution in [2.24, 2.45) is 0 Å². The fourth-order valence-electron chi connectivity index (χ4n) is 2.62. The quantitative estimate of drug-likeness (QED) is 0.683. The van der Waals surface area contributed by atoms with Crippen molar-refractivity contribution in [1.82, 2.24) is 0 Å². The molecular weight excluding hydrogens is 254 g/mol. The van der Waals surface area contributed by atoms with Crippen molar-refractivity contribution in [3.63, 3.8) is 0 Å². The highest BCUT2D eigenvalue weighted by Crippen LogP contribution is 2.20. The topological polar surface area (TPSA) is 0 Å². The van der Waals surface area contributed by atoms with E-state index >= 15 is 0 Å². The first-order chi connectivity index (χ1) is 9.98. The zero-order valence-corrected chi connectivity index (χ0v) is 13.0. The first-order valence-electron chi connectivity index (χ1n) is 7.26. The molecule has 0 aliphatic rings. The third-order valence-corrected chi connectivity index (χ3v) is 3.60. The zero-order valence-electron chi connectivity index (χ0n) is 13.0. The maximum atomic E-state index is 4.24. The van der Waals surface area contributed by atoms with Gasteiger partial charge in [-0.2, -0.15) is 0 Å². The van der Waals surface area contributed by atoms with Crippen LogP contribution in [-0.4, -0.2) is 31.7 Å². The maximum absolute atomic E-state index is 4.24. The second kappa shape index (κ2) is 6.55. The first-order valence-corrected chi connectivity index (χ1v) is 7.26. The summed E-state index contributed by atoms with van der Waals surface area (Å²) in [7, 11) is 4.45. The van der Waals surface area contributed by atoms with Crippen LogP contribution in [0.3, 0.4) is 0 Å². The lowest BCUT2D eigenvalue weighted by molar-refractivity contribution is -0.875. The highest BCUT2D eigenvalue weighted by atomic mass is 15.3. The average molecular weight is 278 g/mol. The smallest absolute Gasteiger partial charge is 0.104 e. The number of hydrogen-bond acceptors (Lipinski definition) is 0. The first kappa shape index (κ1) is 15.3. The fourth-order valence-corrected chi connectivity index (χ4v) is 2.62. The largest absolute Gasteiger partial charge is 0.321 e. The van der Waals surface area contributed by atoms with Crippen LogP contribution >= 0.6 is 0 Å². The van der Waals surface area contributed by atoms with E-state index < -0.39 is 0 Å². The van der Waals surface area contributed by atoms with Gasteiger partial charge >= 0.3 is 0 Å². The standard InChI is InChI=1S/C20H24N/c1-17(19-11-7-5-8-12-19)15-21(3,4)16-18(2)20-13-9-6-10-14-20/h5-14H,1-2,15-16H2,3-4H3/q+1. The van der Waals surface area contributed by atoms with Crippen LogP contribution in [0.4, 0.5) is 0 Å². The van der Waals surface area contributed by atoms with Gasteiger partial charge in [0.1, 0.15) is 13.1 Å². The molecule has 0 fully saturated rings. The Labute approximate surface area is 128 Å². The van der Waals surface area contributed by atoms with Crippen molar-refractivity contribution in [2.75, 3.05) is 27.2 Å². The predicted octanol–water partition coefficient (Wildman–Crippen LogP) is 4.49. The highest BCUT2D eigenvalue weighted by Gasteiger charge is 2.19. The molecule has 0 bridgehead atoms. The van der Waals surface area contributed by atoms with Gasteiger partial charge in [-0.1, -0.05) is 73.8 Å². The lowest BCUT2D eigenvalue weighted by Gasteiger charge is -2.31. The minimum Gasteiger partial charge on any atom is -0.321 e. The predicted molar refractivity (Wildman–Crippen MR) is 92.8 cm³/mol. The van der Waals surface area contributed by atoms with Gasteiger partial charge in [0.2, 0.25) is 0 Å². The molecule has 0 aromatic heterocycles. The van der Waals surface area contributed by atoms with Crippen LogP contribution in [0.2, 0.25) is 0 Å². The van der Waals surface area contributed by atoms with E-state index in [0.29, 0.717) is 0 Å². The molecule has 0 heterocycles. The van der Waals surface area contributed by atoms with E-state index in [9.17, 15) is 0 Å². The summed E-state index contributed by atoms with van der Waals surface area (Å²) in [5.41, 5.74) is 4.77. The summed E-state index contributed by atoms with van der Waals surface area (Å²) < 4.78 is 0.849. The third-order valence-electron chi connectivity index (χ3n) is 3.60. The molecule has 2 aromatic rings. The molecular formula is C20H24N+. The van der Waals surface area contributed by atoms with Crippen molar-refractivity contribution >= 4 is 11.1 Å². The monoisotopic (exact) mass is 278 g/mol.